The summed E-state index contributed by atoms with van der Waals surface area (Å²) >= 11 is 0. The first kappa shape index (κ1) is 24.4. The lowest BCUT2D eigenvalue weighted by atomic mass is 9.99. The van der Waals surface area contributed by atoms with Gasteiger partial charge in [-0.25, -0.2) is 0 Å². The second-order valence-electron chi connectivity index (χ2n) is 11.8. The number of aromatic nitrogens is 2. The zero-order valence-corrected chi connectivity index (χ0v) is 24.3. The molecule has 3 heterocycles. The number of fused-ring (bicyclic) bond motifs is 8. The van der Waals surface area contributed by atoms with Crippen LogP contribution in [-0.2, 0) is 0 Å². The van der Waals surface area contributed by atoms with Crippen LogP contribution in [0.15, 0.2) is 158 Å². The minimum absolute atomic E-state index is 0.874. The van der Waals surface area contributed by atoms with Gasteiger partial charge in [-0.15, -0.1) is 0 Å². The van der Waals surface area contributed by atoms with Crippen LogP contribution >= 0.6 is 0 Å². The predicted molar refractivity (Wildman–Crippen MR) is 186 cm³/mol. The van der Waals surface area contributed by atoms with Crippen molar-refractivity contribution in [3.63, 3.8) is 0 Å². The third-order valence-corrected chi connectivity index (χ3v) is 9.34. The molecule has 45 heavy (non-hydrogen) atoms. The molecule has 0 aliphatic carbocycles. The summed E-state index contributed by atoms with van der Waals surface area (Å²) in [5.41, 5.74) is 11.7. The maximum atomic E-state index is 6.51. The molecule has 10 rings (SSSR count). The van der Waals surface area contributed by atoms with Crippen LogP contribution in [0.25, 0.3) is 77.2 Å². The molecule has 9 aromatic rings. The minimum Gasteiger partial charge on any atom is -0.453 e. The Morgan fingerprint density at radius 3 is 1.49 bits per heavy atom. The third kappa shape index (κ3) is 3.52. The molecule has 1 aliphatic heterocycles. The van der Waals surface area contributed by atoms with E-state index in [4.69, 9.17) is 4.74 Å². The number of para-hydroxylation sites is 4. The second kappa shape index (κ2) is 9.22. The van der Waals surface area contributed by atoms with Crippen molar-refractivity contribution in [2.75, 3.05) is 0 Å². The van der Waals surface area contributed by atoms with Crippen molar-refractivity contribution in [2.45, 2.75) is 0 Å². The van der Waals surface area contributed by atoms with Crippen LogP contribution in [0.3, 0.4) is 0 Å². The molecule has 0 spiro atoms. The average Bonchev–Trinajstić information content (AvgIpc) is 3.63. The summed E-state index contributed by atoms with van der Waals surface area (Å²) in [5.74, 6) is 1.77. The van der Waals surface area contributed by atoms with Crippen molar-refractivity contribution in [1.82, 2.24) is 9.13 Å². The van der Waals surface area contributed by atoms with Gasteiger partial charge in [-0.05, 0) is 70.8 Å². The Morgan fingerprint density at radius 1 is 0.356 bits per heavy atom. The van der Waals surface area contributed by atoms with Gasteiger partial charge in [0, 0.05) is 27.2 Å². The van der Waals surface area contributed by atoms with E-state index in [2.05, 4.69) is 167 Å². The van der Waals surface area contributed by atoms with Crippen molar-refractivity contribution < 1.29 is 4.74 Å². The first-order valence-electron chi connectivity index (χ1n) is 15.4. The van der Waals surface area contributed by atoms with Crippen molar-refractivity contribution in [3.05, 3.63) is 158 Å². The number of benzene rings is 7. The fourth-order valence-electron chi connectivity index (χ4n) is 7.26. The van der Waals surface area contributed by atoms with Gasteiger partial charge in [0.2, 0.25) is 0 Å². The maximum Gasteiger partial charge on any atom is 0.152 e. The number of hydrogen-bond acceptors (Lipinski definition) is 1. The van der Waals surface area contributed by atoms with Gasteiger partial charge in [-0.2, -0.15) is 0 Å². The van der Waals surface area contributed by atoms with Crippen LogP contribution in [-0.4, -0.2) is 9.13 Å². The van der Waals surface area contributed by atoms with E-state index in [-0.39, 0.29) is 0 Å². The van der Waals surface area contributed by atoms with Crippen LogP contribution in [0.1, 0.15) is 0 Å². The molecule has 3 nitrogen and oxygen atoms in total. The number of rotatable bonds is 3. The molecule has 0 N–H and O–H groups in total. The Labute approximate surface area is 259 Å². The third-order valence-electron chi connectivity index (χ3n) is 9.34. The van der Waals surface area contributed by atoms with Crippen molar-refractivity contribution in [2.24, 2.45) is 0 Å². The summed E-state index contributed by atoms with van der Waals surface area (Å²) < 4.78 is 11.2. The van der Waals surface area contributed by atoms with Gasteiger partial charge in [-0.3, -0.25) is 0 Å². The van der Waals surface area contributed by atoms with E-state index in [1.165, 1.54) is 49.2 Å². The van der Waals surface area contributed by atoms with Gasteiger partial charge in [0.15, 0.2) is 11.5 Å². The van der Waals surface area contributed by atoms with E-state index in [0.717, 1.165) is 39.5 Å². The highest BCUT2D eigenvalue weighted by Crippen LogP contribution is 2.46. The van der Waals surface area contributed by atoms with Gasteiger partial charge in [0.25, 0.3) is 0 Å². The van der Waals surface area contributed by atoms with Crippen molar-refractivity contribution in [1.29, 1.82) is 0 Å². The molecule has 7 aromatic carbocycles. The zero-order chi connectivity index (χ0) is 29.5. The van der Waals surface area contributed by atoms with E-state index >= 15 is 0 Å². The average molecular weight is 575 g/mol. The molecule has 1 aliphatic rings. The van der Waals surface area contributed by atoms with E-state index in [9.17, 15) is 0 Å². The van der Waals surface area contributed by atoms with Gasteiger partial charge in [0.05, 0.1) is 27.8 Å². The first-order chi connectivity index (χ1) is 22.3. The molecule has 0 atom stereocenters. The molecule has 3 heteroatoms. The Balaban J connectivity index is 0.992. The van der Waals surface area contributed by atoms with Crippen LogP contribution in [0, 0.1) is 0 Å². The van der Waals surface area contributed by atoms with Crippen molar-refractivity contribution >= 4 is 43.6 Å². The molecule has 0 saturated heterocycles. The Bertz CT molecular complexity index is 2550. The summed E-state index contributed by atoms with van der Waals surface area (Å²) in [6.45, 7) is 0. The molecule has 0 unspecified atom stereocenters. The fourth-order valence-corrected chi connectivity index (χ4v) is 7.26. The number of hydrogen-bond donors (Lipinski definition) is 0. The number of ether oxygens (including phenoxy) is 1. The van der Waals surface area contributed by atoms with Gasteiger partial charge >= 0.3 is 0 Å². The van der Waals surface area contributed by atoms with Gasteiger partial charge in [-0.1, -0.05) is 109 Å². The van der Waals surface area contributed by atoms with Crippen LogP contribution in [0.5, 0.6) is 11.5 Å². The smallest absolute Gasteiger partial charge is 0.152 e. The fraction of sp³-hybridized carbons (Fsp3) is 0. The quantitative estimate of drug-likeness (QED) is 0.205. The summed E-state index contributed by atoms with van der Waals surface area (Å²) in [7, 11) is 0. The zero-order valence-electron chi connectivity index (χ0n) is 24.3. The van der Waals surface area contributed by atoms with Crippen molar-refractivity contribution in [3.8, 4) is 45.1 Å². The molecular formula is C42H26N2O. The van der Waals surface area contributed by atoms with Gasteiger partial charge in [0.1, 0.15) is 0 Å². The first-order valence-corrected chi connectivity index (χ1v) is 15.4. The maximum absolute atomic E-state index is 6.51. The SMILES string of the molecule is c1ccc2c(c1)c1ccccc1n2-c1ccc(-c2ccc(-c3ccc4c(c3)Oc3cccc5c6ccccc6n-4c35)cc2)cc1. The minimum atomic E-state index is 0.874. The van der Waals surface area contributed by atoms with E-state index in [1.54, 1.807) is 0 Å². The molecule has 0 bridgehead atoms. The second-order valence-corrected chi connectivity index (χ2v) is 11.8. The normalized spacial score (nSPS) is 12.2. The molecule has 0 saturated carbocycles. The monoisotopic (exact) mass is 574 g/mol. The Hall–Kier alpha value is -6.06. The number of nitrogens with zero attached hydrogens (tertiary/aromatic N) is 2. The Morgan fingerprint density at radius 2 is 0.844 bits per heavy atom. The lowest BCUT2D eigenvalue weighted by Crippen LogP contribution is -2.04. The van der Waals surface area contributed by atoms with Gasteiger partial charge < -0.3 is 13.9 Å². The largest absolute Gasteiger partial charge is 0.453 e. The summed E-state index contributed by atoms with van der Waals surface area (Å²) in [6, 6.07) is 56.5. The van der Waals surface area contributed by atoms with E-state index in [0.29, 0.717) is 0 Å². The lowest BCUT2D eigenvalue weighted by molar-refractivity contribution is 0.476. The lowest BCUT2D eigenvalue weighted by Gasteiger charge is -2.21. The summed E-state index contributed by atoms with van der Waals surface area (Å²) in [5, 5.41) is 5.02. The predicted octanol–water partition coefficient (Wildman–Crippen LogP) is 11.3. The Kier molecular flexibility index (Phi) is 5.00. The molecule has 2 aromatic heterocycles. The van der Waals surface area contributed by atoms with Crippen LogP contribution in [0.2, 0.25) is 0 Å². The molecule has 210 valence electrons. The molecular weight excluding hydrogens is 548 g/mol. The highest BCUT2D eigenvalue weighted by atomic mass is 16.5. The highest BCUT2D eigenvalue weighted by Gasteiger charge is 2.23. The molecule has 0 radical (unpaired) electrons. The van der Waals surface area contributed by atoms with Crippen LogP contribution < -0.4 is 4.74 Å². The standard InChI is InChI=1S/C42H26N2O/c1-4-12-36-32(8-1)33-9-2-5-13-37(33)43(36)31-23-20-28(21-24-31)27-16-18-29(19-17-27)30-22-25-39-41(26-30)45-40-15-7-11-35-34-10-3-6-14-38(34)44(39)42(35)40/h1-26H. The summed E-state index contributed by atoms with van der Waals surface area (Å²) in [6.07, 6.45) is 0. The van der Waals surface area contributed by atoms with E-state index in [1.807, 2.05) is 0 Å². The van der Waals surface area contributed by atoms with Crippen LogP contribution in [0.4, 0.5) is 0 Å². The summed E-state index contributed by atoms with van der Waals surface area (Å²) in [4.78, 5) is 0. The molecule has 0 fully saturated rings. The molecule has 0 amide bonds. The van der Waals surface area contributed by atoms with E-state index < -0.39 is 0 Å². The topological polar surface area (TPSA) is 19.1 Å². The highest BCUT2D eigenvalue weighted by molar-refractivity contribution is 6.12.